The maximum Gasteiger partial charge on any atom is 0.237 e. The van der Waals surface area contributed by atoms with E-state index < -0.39 is 0 Å². The average Bonchev–Trinajstić information content (AvgIpc) is 2.85. The third-order valence-corrected chi connectivity index (χ3v) is 4.18. The highest BCUT2D eigenvalue weighted by Gasteiger charge is 2.28. The Balaban J connectivity index is 0.00000176. The van der Waals surface area contributed by atoms with E-state index in [1.54, 1.807) is 7.11 Å². The predicted molar refractivity (Wildman–Crippen MR) is 82.5 cm³/mol. The first-order chi connectivity index (χ1) is 10.1. The second kappa shape index (κ2) is 6.63. The molecule has 0 amide bonds. The molecule has 0 saturated carbocycles. The van der Waals surface area contributed by atoms with Crippen LogP contribution >= 0.6 is 0 Å². The van der Waals surface area contributed by atoms with Crippen molar-refractivity contribution in [3.8, 4) is 5.75 Å². The summed E-state index contributed by atoms with van der Waals surface area (Å²) in [5.74, 6) is 3.53. The lowest BCUT2D eigenvalue weighted by Gasteiger charge is -2.15. The number of fused-ring (bicyclic) bond motifs is 1. The molecular formula is C17H22ClN3O. The second-order valence-corrected chi connectivity index (χ2v) is 5.91. The van der Waals surface area contributed by atoms with Crippen molar-refractivity contribution in [2.24, 2.45) is 5.92 Å². The lowest BCUT2D eigenvalue weighted by atomic mass is 10.1. The summed E-state index contributed by atoms with van der Waals surface area (Å²) in [5, 5.41) is 0. The van der Waals surface area contributed by atoms with Gasteiger partial charge >= 0.3 is 0 Å². The Labute approximate surface area is 138 Å². The smallest absolute Gasteiger partial charge is 0.237 e. The lowest BCUT2D eigenvalue weighted by molar-refractivity contribution is -0.738. The maximum atomic E-state index is 5.23. The topological polar surface area (TPSA) is 39.5 Å². The van der Waals surface area contributed by atoms with Crippen LogP contribution in [0.3, 0.4) is 0 Å². The van der Waals surface area contributed by atoms with Crippen molar-refractivity contribution < 1.29 is 22.0 Å². The van der Waals surface area contributed by atoms with E-state index in [4.69, 9.17) is 9.72 Å². The van der Waals surface area contributed by atoms with E-state index >= 15 is 0 Å². The molecule has 3 rings (SSSR count). The van der Waals surface area contributed by atoms with E-state index in [1.165, 1.54) is 21.8 Å². The molecule has 0 fully saturated rings. The van der Waals surface area contributed by atoms with Crippen LogP contribution in [0.25, 0.3) is 0 Å². The second-order valence-electron chi connectivity index (χ2n) is 5.91. The highest BCUT2D eigenvalue weighted by Crippen LogP contribution is 2.28. The number of benzene rings is 1. The van der Waals surface area contributed by atoms with E-state index in [2.05, 4.69) is 31.1 Å². The van der Waals surface area contributed by atoms with Crippen LogP contribution in [-0.2, 0) is 12.8 Å². The fraction of sp³-hybridized carbons (Fsp3) is 0.412. The fourth-order valence-electron chi connectivity index (χ4n) is 3.08. The number of rotatable bonds is 3. The molecular weight excluding hydrogens is 298 g/mol. The zero-order valence-electron chi connectivity index (χ0n) is 13.5. The Morgan fingerprint density at radius 3 is 2.45 bits per heavy atom. The molecule has 2 atom stereocenters. The zero-order chi connectivity index (χ0) is 15.0. The van der Waals surface area contributed by atoms with Gasteiger partial charge in [0.2, 0.25) is 5.82 Å². The first kappa shape index (κ1) is 16.7. The van der Waals surface area contributed by atoms with Crippen molar-refractivity contribution in [2.75, 3.05) is 14.2 Å². The average molecular weight is 320 g/mol. The number of nitrogens with one attached hydrogen (secondary N) is 1. The molecule has 1 aromatic heterocycles. The molecule has 0 saturated heterocycles. The highest BCUT2D eigenvalue weighted by atomic mass is 35.5. The van der Waals surface area contributed by atoms with Crippen molar-refractivity contribution in [2.45, 2.75) is 26.7 Å². The van der Waals surface area contributed by atoms with Crippen molar-refractivity contribution in [3.63, 3.8) is 0 Å². The molecule has 0 spiro atoms. The molecule has 0 radical (unpaired) electrons. The van der Waals surface area contributed by atoms with Crippen LogP contribution < -0.4 is 22.0 Å². The van der Waals surface area contributed by atoms with Gasteiger partial charge in [0, 0.05) is 12.1 Å². The van der Waals surface area contributed by atoms with E-state index in [0.717, 1.165) is 30.2 Å². The minimum absolute atomic E-state index is 0. The van der Waals surface area contributed by atoms with Gasteiger partial charge in [0.15, 0.2) is 0 Å². The van der Waals surface area contributed by atoms with E-state index in [9.17, 15) is 0 Å². The third-order valence-electron chi connectivity index (χ3n) is 4.18. The molecule has 22 heavy (non-hydrogen) atoms. The molecule has 0 aliphatic heterocycles. The van der Waals surface area contributed by atoms with Gasteiger partial charge in [-0.2, -0.15) is 4.98 Å². The molecule has 1 N–H and O–H groups in total. The molecule has 5 heteroatoms. The number of quaternary nitrogens is 1. The number of hydrogen-bond acceptors (Lipinski definition) is 3. The normalized spacial score (nSPS) is 17.5. The zero-order valence-corrected chi connectivity index (χ0v) is 14.2. The Bertz CT molecular complexity index is 658. The van der Waals surface area contributed by atoms with Crippen LogP contribution in [0.15, 0.2) is 24.3 Å². The summed E-state index contributed by atoms with van der Waals surface area (Å²) in [6.07, 6.45) is 2.15. The Morgan fingerprint density at radius 2 is 1.82 bits per heavy atom. The van der Waals surface area contributed by atoms with Crippen LogP contribution in [0.4, 0.5) is 11.5 Å². The van der Waals surface area contributed by atoms with Gasteiger partial charge in [-0.15, -0.1) is 0 Å². The summed E-state index contributed by atoms with van der Waals surface area (Å²) < 4.78 is 5.23. The highest BCUT2D eigenvalue weighted by molar-refractivity contribution is 5.44. The van der Waals surface area contributed by atoms with E-state index in [0.29, 0.717) is 5.92 Å². The predicted octanol–water partition coefficient (Wildman–Crippen LogP) is -0.990. The lowest BCUT2D eigenvalue weighted by Crippen LogP contribution is -3.00. The largest absolute Gasteiger partial charge is 1.00 e. The van der Waals surface area contributed by atoms with Gasteiger partial charge in [-0.3, -0.25) is 4.90 Å². The van der Waals surface area contributed by atoms with Crippen LogP contribution in [-0.4, -0.2) is 24.1 Å². The van der Waals surface area contributed by atoms with Crippen molar-refractivity contribution in [1.29, 1.82) is 0 Å². The van der Waals surface area contributed by atoms with E-state index in [1.807, 2.05) is 19.1 Å². The number of methoxy groups -OCH3 is 1. The Hall–Kier alpha value is -1.65. The summed E-state index contributed by atoms with van der Waals surface area (Å²) in [6.45, 7) is 4.26. The van der Waals surface area contributed by atoms with Gasteiger partial charge in [-0.25, -0.2) is 4.98 Å². The van der Waals surface area contributed by atoms with Gasteiger partial charge in [0.25, 0.3) is 0 Å². The van der Waals surface area contributed by atoms with Crippen LogP contribution in [0, 0.1) is 12.8 Å². The molecule has 1 aliphatic rings. The Kier molecular flexibility index (Phi) is 5.04. The van der Waals surface area contributed by atoms with Gasteiger partial charge in [0.05, 0.1) is 25.4 Å². The summed E-state index contributed by atoms with van der Waals surface area (Å²) in [5.41, 5.74) is 3.76. The first-order valence-corrected chi connectivity index (χ1v) is 7.43. The molecule has 1 aliphatic carbocycles. The maximum absolute atomic E-state index is 5.23. The van der Waals surface area contributed by atoms with Crippen molar-refractivity contribution >= 4 is 11.5 Å². The van der Waals surface area contributed by atoms with Crippen molar-refractivity contribution in [1.82, 2.24) is 9.97 Å². The van der Waals surface area contributed by atoms with Gasteiger partial charge < -0.3 is 17.1 Å². The fourth-order valence-corrected chi connectivity index (χ4v) is 3.08. The minimum Gasteiger partial charge on any atom is -1.00 e. The van der Waals surface area contributed by atoms with Crippen molar-refractivity contribution in [3.05, 3.63) is 41.3 Å². The first-order valence-electron chi connectivity index (χ1n) is 7.43. The number of aryl methyl sites for hydroxylation is 1. The number of halogens is 1. The van der Waals surface area contributed by atoms with Crippen LogP contribution in [0.1, 0.15) is 24.0 Å². The summed E-state index contributed by atoms with van der Waals surface area (Å²) in [4.78, 5) is 10.6. The molecule has 2 aromatic rings. The quantitative estimate of drug-likeness (QED) is 0.790. The summed E-state index contributed by atoms with van der Waals surface area (Å²) in [6, 6.07) is 8.18. The standard InChI is InChI=1S/C17H21N3O.ClH/c1-11-9-15-16(10-11)18-12(2)19-17(15)20(3)13-5-7-14(21-4)8-6-13;/h5-8,11H,9-10H2,1-4H3;1H/t11-;/m1./s1. The third kappa shape index (κ3) is 3.08. The molecule has 1 aromatic carbocycles. The monoisotopic (exact) mass is 319 g/mol. The van der Waals surface area contributed by atoms with E-state index in [-0.39, 0.29) is 12.4 Å². The molecule has 118 valence electrons. The molecule has 1 heterocycles. The number of hydrogen-bond donors (Lipinski definition) is 1. The SMILES string of the molecule is COc1ccc([NH+](C)c2nc(C)nc3c2C[C@@H](C)C3)cc1.[Cl-]. The van der Waals surface area contributed by atoms with Crippen LogP contribution in [0.2, 0.25) is 0 Å². The molecule has 0 bridgehead atoms. The number of aromatic nitrogens is 2. The minimum atomic E-state index is 0. The van der Waals surface area contributed by atoms with Gasteiger partial charge in [0.1, 0.15) is 17.3 Å². The van der Waals surface area contributed by atoms with Gasteiger partial charge in [-0.05, 0) is 37.8 Å². The Morgan fingerprint density at radius 1 is 1.14 bits per heavy atom. The summed E-state index contributed by atoms with van der Waals surface area (Å²) >= 11 is 0. The number of nitrogens with zero attached hydrogens (tertiary/aromatic N) is 2. The van der Waals surface area contributed by atoms with Gasteiger partial charge in [-0.1, -0.05) is 6.92 Å². The number of ether oxygens (including phenoxy) is 1. The van der Waals surface area contributed by atoms with Crippen LogP contribution in [0.5, 0.6) is 5.75 Å². The molecule has 1 unspecified atom stereocenters. The molecule has 4 nitrogen and oxygen atoms in total. The summed E-state index contributed by atoms with van der Waals surface area (Å²) in [7, 11) is 3.83.